The molecular formula is C15H12F3NOS. The Morgan fingerprint density at radius 3 is 2.29 bits per heavy atom. The number of halogens is 3. The Balaban J connectivity index is 2.26. The summed E-state index contributed by atoms with van der Waals surface area (Å²) in [6.45, 7) is 1.91. The van der Waals surface area contributed by atoms with E-state index in [4.69, 9.17) is 0 Å². The van der Waals surface area contributed by atoms with E-state index < -0.39 is 23.4 Å². The summed E-state index contributed by atoms with van der Waals surface area (Å²) in [5.41, 5.74) is 1.25. The summed E-state index contributed by atoms with van der Waals surface area (Å²) >= 11 is 1.49. The number of hydrogen-bond acceptors (Lipinski definition) is 2. The highest BCUT2D eigenvalue weighted by Crippen LogP contribution is 2.22. The minimum absolute atomic E-state index is 0.136. The molecule has 2 aromatic carbocycles. The smallest absolute Gasteiger partial charge is 0.255 e. The van der Waals surface area contributed by atoms with Gasteiger partial charge in [-0.3, -0.25) is 4.79 Å². The van der Waals surface area contributed by atoms with Crippen molar-refractivity contribution in [2.24, 2.45) is 0 Å². The van der Waals surface area contributed by atoms with Crippen LogP contribution in [0.2, 0.25) is 0 Å². The lowest BCUT2D eigenvalue weighted by Crippen LogP contribution is -2.13. The minimum Gasteiger partial charge on any atom is -0.322 e. The Morgan fingerprint density at radius 2 is 1.71 bits per heavy atom. The zero-order valence-electron chi connectivity index (χ0n) is 11.3. The lowest BCUT2D eigenvalue weighted by atomic mass is 10.1. The highest BCUT2D eigenvalue weighted by atomic mass is 32.2. The van der Waals surface area contributed by atoms with E-state index in [0.717, 1.165) is 22.6 Å². The fourth-order valence-corrected chi connectivity index (χ4v) is 2.43. The van der Waals surface area contributed by atoms with Crippen LogP contribution >= 0.6 is 11.8 Å². The third-order valence-electron chi connectivity index (χ3n) is 2.91. The van der Waals surface area contributed by atoms with Crippen molar-refractivity contribution < 1.29 is 18.0 Å². The van der Waals surface area contributed by atoms with E-state index in [1.54, 1.807) is 18.2 Å². The maximum absolute atomic E-state index is 13.1. The number of amides is 1. The van der Waals surface area contributed by atoms with Gasteiger partial charge in [-0.2, -0.15) is 0 Å². The van der Waals surface area contributed by atoms with Crippen LogP contribution in [0, 0.1) is 24.4 Å². The fourth-order valence-electron chi connectivity index (χ4n) is 1.79. The molecule has 0 aliphatic carbocycles. The van der Waals surface area contributed by atoms with Crippen LogP contribution in [0.15, 0.2) is 35.2 Å². The SMILES string of the molecule is CSc1cc(C(=O)Nc2cc(F)c(F)c(F)c2)ccc1C. The summed E-state index contributed by atoms with van der Waals surface area (Å²) in [4.78, 5) is 13.0. The van der Waals surface area contributed by atoms with Crippen molar-refractivity contribution in [2.45, 2.75) is 11.8 Å². The van der Waals surface area contributed by atoms with Gasteiger partial charge < -0.3 is 5.32 Å². The second-order valence-electron chi connectivity index (χ2n) is 4.39. The number of anilines is 1. The lowest BCUT2D eigenvalue weighted by molar-refractivity contribution is 0.102. The summed E-state index contributed by atoms with van der Waals surface area (Å²) in [7, 11) is 0. The predicted octanol–water partition coefficient (Wildman–Crippen LogP) is 4.39. The van der Waals surface area contributed by atoms with E-state index in [-0.39, 0.29) is 5.69 Å². The monoisotopic (exact) mass is 311 g/mol. The van der Waals surface area contributed by atoms with E-state index in [1.165, 1.54) is 11.8 Å². The molecule has 0 aliphatic heterocycles. The van der Waals surface area contributed by atoms with E-state index in [2.05, 4.69) is 5.32 Å². The number of thioether (sulfide) groups is 1. The summed E-state index contributed by atoms with van der Waals surface area (Å²) in [5.74, 6) is -4.78. The van der Waals surface area contributed by atoms with E-state index in [9.17, 15) is 18.0 Å². The molecule has 1 N–H and O–H groups in total. The van der Waals surface area contributed by atoms with Gasteiger partial charge in [-0.25, -0.2) is 13.2 Å². The topological polar surface area (TPSA) is 29.1 Å². The third-order valence-corrected chi connectivity index (χ3v) is 3.79. The van der Waals surface area contributed by atoms with Crippen LogP contribution < -0.4 is 5.32 Å². The van der Waals surface area contributed by atoms with Gasteiger partial charge >= 0.3 is 0 Å². The Labute approximate surface area is 124 Å². The minimum atomic E-state index is -1.56. The van der Waals surface area contributed by atoms with Crippen LogP contribution in [0.1, 0.15) is 15.9 Å². The van der Waals surface area contributed by atoms with Gasteiger partial charge in [-0.1, -0.05) is 6.07 Å². The van der Waals surface area contributed by atoms with Crippen LogP contribution in [-0.2, 0) is 0 Å². The first-order chi connectivity index (χ1) is 9.92. The fraction of sp³-hybridized carbons (Fsp3) is 0.133. The van der Waals surface area contributed by atoms with Gasteiger partial charge in [0.25, 0.3) is 5.91 Å². The average Bonchev–Trinajstić information content (AvgIpc) is 2.45. The molecule has 0 unspecified atom stereocenters. The largest absolute Gasteiger partial charge is 0.322 e. The second kappa shape index (κ2) is 6.22. The molecular weight excluding hydrogens is 299 g/mol. The van der Waals surface area contributed by atoms with Crippen molar-refractivity contribution in [3.63, 3.8) is 0 Å². The van der Waals surface area contributed by atoms with Crippen LogP contribution in [0.3, 0.4) is 0 Å². The van der Waals surface area contributed by atoms with Gasteiger partial charge in [0.1, 0.15) is 0 Å². The Hall–Kier alpha value is -1.95. The molecule has 2 nitrogen and oxygen atoms in total. The summed E-state index contributed by atoms with van der Waals surface area (Å²) in [5, 5.41) is 2.34. The molecule has 0 bridgehead atoms. The number of hydrogen-bond donors (Lipinski definition) is 1. The van der Waals surface area contributed by atoms with Crippen LogP contribution in [0.25, 0.3) is 0 Å². The Kier molecular flexibility index (Phi) is 4.57. The molecule has 0 atom stereocenters. The molecule has 0 spiro atoms. The van der Waals surface area contributed by atoms with Crippen LogP contribution in [0.4, 0.5) is 18.9 Å². The summed E-state index contributed by atoms with van der Waals surface area (Å²) in [6, 6.07) is 6.55. The van der Waals surface area contributed by atoms with Gasteiger partial charge in [-0.05, 0) is 30.9 Å². The molecule has 0 aromatic heterocycles. The number of aryl methyl sites for hydroxylation is 1. The second-order valence-corrected chi connectivity index (χ2v) is 5.24. The van der Waals surface area contributed by atoms with Gasteiger partial charge in [-0.15, -0.1) is 11.8 Å². The number of nitrogens with one attached hydrogen (secondary N) is 1. The maximum Gasteiger partial charge on any atom is 0.255 e. The average molecular weight is 311 g/mol. The Bertz CT molecular complexity index is 680. The van der Waals surface area contributed by atoms with Crippen molar-refractivity contribution >= 4 is 23.4 Å². The quantitative estimate of drug-likeness (QED) is 0.673. The van der Waals surface area contributed by atoms with E-state index in [0.29, 0.717) is 5.56 Å². The summed E-state index contributed by atoms with van der Waals surface area (Å²) < 4.78 is 39.0. The van der Waals surface area contributed by atoms with Crippen LogP contribution in [0.5, 0.6) is 0 Å². The molecule has 21 heavy (non-hydrogen) atoms. The zero-order valence-corrected chi connectivity index (χ0v) is 12.2. The van der Waals surface area contributed by atoms with Gasteiger partial charge in [0.05, 0.1) is 0 Å². The molecule has 2 aromatic rings. The van der Waals surface area contributed by atoms with Crippen LogP contribution in [-0.4, -0.2) is 12.2 Å². The Morgan fingerprint density at radius 1 is 1.10 bits per heavy atom. The molecule has 0 fully saturated rings. The molecule has 110 valence electrons. The third kappa shape index (κ3) is 3.39. The highest BCUT2D eigenvalue weighted by molar-refractivity contribution is 7.98. The molecule has 1 amide bonds. The number of rotatable bonds is 3. The van der Waals surface area contributed by atoms with Gasteiger partial charge in [0, 0.05) is 28.3 Å². The predicted molar refractivity (Wildman–Crippen MR) is 77.2 cm³/mol. The normalized spacial score (nSPS) is 10.5. The van der Waals surface area contributed by atoms with Crippen molar-refractivity contribution in [3.05, 3.63) is 58.9 Å². The lowest BCUT2D eigenvalue weighted by Gasteiger charge is -2.08. The highest BCUT2D eigenvalue weighted by Gasteiger charge is 2.13. The van der Waals surface area contributed by atoms with Gasteiger partial charge in [0.2, 0.25) is 0 Å². The zero-order chi connectivity index (χ0) is 15.6. The van der Waals surface area contributed by atoms with Crippen molar-refractivity contribution in [3.8, 4) is 0 Å². The first-order valence-electron chi connectivity index (χ1n) is 6.03. The van der Waals surface area contributed by atoms with Gasteiger partial charge in [0.15, 0.2) is 17.5 Å². The van der Waals surface area contributed by atoms with Crippen molar-refractivity contribution in [1.82, 2.24) is 0 Å². The van der Waals surface area contributed by atoms with Crippen molar-refractivity contribution in [1.29, 1.82) is 0 Å². The number of carbonyl (C=O) groups is 1. The first-order valence-corrected chi connectivity index (χ1v) is 7.25. The number of benzene rings is 2. The maximum atomic E-state index is 13.1. The molecule has 0 radical (unpaired) electrons. The standard InChI is InChI=1S/C15H12F3NOS/c1-8-3-4-9(5-13(8)21-2)15(20)19-10-6-11(16)14(18)12(17)7-10/h3-7H,1-2H3,(H,19,20). The number of carbonyl (C=O) groups excluding carboxylic acids is 1. The molecule has 2 rings (SSSR count). The molecule has 0 saturated heterocycles. The molecule has 6 heteroatoms. The summed E-state index contributed by atoms with van der Waals surface area (Å²) in [6.07, 6.45) is 1.88. The van der Waals surface area contributed by atoms with E-state index >= 15 is 0 Å². The van der Waals surface area contributed by atoms with E-state index in [1.807, 2.05) is 13.2 Å². The molecule has 0 heterocycles. The van der Waals surface area contributed by atoms with Crippen molar-refractivity contribution in [2.75, 3.05) is 11.6 Å². The first kappa shape index (κ1) is 15.4. The molecule has 0 aliphatic rings. The molecule has 0 saturated carbocycles.